The summed E-state index contributed by atoms with van der Waals surface area (Å²) in [6.45, 7) is 5.98. The Morgan fingerprint density at radius 3 is 2.16 bits per heavy atom. The third-order valence-corrected chi connectivity index (χ3v) is 3.80. The van der Waals surface area contributed by atoms with Gasteiger partial charge in [0.1, 0.15) is 0 Å². The van der Waals surface area contributed by atoms with Gasteiger partial charge in [-0.15, -0.1) is 0 Å². The number of halogens is 1. The Balaban J connectivity index is 2.56. The second-order valence-electron chi connectivity index (χ2n) is 4.84. The molecule has 2 aromatic carbocycles. The van der Waals surface area contributed by atoms with Gasteiger partial charge in [-0.25, -0.2) is 0 Å². The molecule has 0 aliphatic carbocycles. The van der Waals surface area contributed by atoms with Crippen LogP contribution in [0.15, 0.2) is 34.8 Å². The number of benzene rings is 2. The number of carbonyl (C=O) groups is 1. The predicted molar refractivity (Wildman–Crippen MR) is 82.6 cm³/mol. The van der Waals surface area contributed by atoms with E-state index in [-0.39, 0.29) is 5.78 Å². The topological polar surface area (TPSA) is 43.1 Å². The van der Waals surface area contributed by atoms with Crippen molar-refractivity contribution in [1.29, 1.82) is 0 Å². The van der Waals surface area contributed by atoms with Crippen molar-refractivity contribution >= 4 is 27.4 Å². The lowest BCUT2D eigenvalue weighted by Crippen LogP contribution is -2.08. The Labute approximate surface area is 121 Å². The van der Waals surface area contributed by atoms with Gasteiger partial charge in [-0.1, -0.05) is 17.7 Å². The highest BCUT2D eigenvalue weighted by molar-refractivity contribution is 9.10. The molecule has 0 aliphatic heterocycles. The average Bonchev–Trinajstić information content (AvgIpc) is 2.26. The van der Waals surface area contributed by atoms with Crippen LogP contribution in [0, 0.1) is 20.8 Å². The summed E-state index contributed by atoms with van der Waals surface area (Å²) in [5.74, 6) is 0.0295. The van der Waals surface area contributed by atoms with Crippen LogP contribution in [0.3, 0.4) is 0 Å². The van der Waals surface area contributed by atoms with Crippen LogP contribution in [0.1, 0.15) is 32.6 Å². The molecular weight excluding hydrogens is 302 g/mol. The van der Waals surface area contributed by atoms with Gasteiger partial charge >= 0.3 is 0 Å². The maximum Gasteiger partial charge on any atom is 0.194 e. The number of rotatable bonds is 2. The van der Waals surface area contributed by atoms with Crippen molar-refractivity contribution in [3.05, 3.63) is 62.6 Å². The summed E-state index contributed by atoms with van der Waals surface area (Å²) < 4.78 is 0.733. The number of aryl methyl sites for hydroxylation is 3. The first-order chi connectivity index (χ1) is 8.90. The van der Waals surface area contributed by atoms with E-state index in [0.717, 1.165) is 21.2 Å². The molecule has 0 fully saturated rings. The Kier molecular flexibility index (Phi) is 3.76. The highest BCUT2D eigenvalue weighted by Crippen LogP contribution is 2.26. The van der Waals surface area contributed by atoms with Gasteiger partial charge in [0.05, 0.1) is 0 Å². The lowest BCUT2D eigenvalue weighted by molar-refractivity contribution is 0.103. The summed E-state index contributed by atoms with van der Waals surface area (Å²) in [6.07, 6.45) is 0. The maximum atomic E-state index is 12.7. The molecule has 0 saturated carbocycles. The number of carbonyl (C=O) groups excluding carboxylic acids is 1. The van der Waals surface area contributed by atoms with E-state index in [0.29, 0.717) is 11.3 Å². The van der Waals surface area contributed by atoms with Crippen LogP contribution >= 0.6 is 15.9 Å². The first-order valence-electron chi connectivity index (χ1n) is 6.07. The minimum absolute atomic E-state index is 0.0295. The van der Waals surface area contributed by atoms with Crippen molar-refractivity contribution in [1.82, 2.24) is 0 Å². The zero-order valence-electron chi connectivity index (χ0n) is 11.3. The molecule has 0 aliphatic rings. The molecule has 0 radical (unpaired) electrons. The Morgan fingerprint density at radius 1 is 1.05 bits per heavy atom. The molecule has 0 bridgehead atoms. The third kappa shape index (κ3) is 2.71. The van der Waals surface area contributed by atoms with E-state index in [9.17, 15) is 4.79 Å². The van der Waals surface area contributed by atoms with Crippen molar-refractivity contribution in [2.45, 2.75) is 20.8 Å². The average molecular weight is 318 g/mol. The molecule has 2 aromatic rings. The lowest BCUT2D eigenvalue weighted by atomic mass is 9.93. The predicted octanol–water partition coefficient (Wildman–Crippen LogP) is 4.19. The molecule has 0 spiro atoms. The highest BCUT2D eigenvalue weighted by atomic mass is 79.9. The standard InChI is InChI=1S/C16H16BrNO/c1-9-6-10(2)15(11(3)7-9)16(19)13-5-4-12(18)8-14(13)17/h4-8H,18H2,1-3H3. The van der Waals surface area contributed by atoms with Gasteiger partial charge in [-0.05, 0) is 66.0 Å². The van der Waals surface area contributed by atoms with Gasteiger partial charge in [-0.3, -0.25) is 4.79 Å². The third-order valence-electron chi connectivity index (χ3n) is 3.14. The quantitative estimate of drug-likeness (QED) is 0.666. The number of nitrogens with two attached hydrogens (primary N) is 1. The first-order valence-corrected chi connectivity index (χ1v) is 6.87. The monoisotopic (exact) mass is 317 g/mol. The summed E-state index contributed by atoms with van der Waals surface area (Å²) >= 11 is 3.41. The van der Waals surface area contributed by atoms with Crippen molar-refractivity contribution in [2.75, 3.05) is 5.73 Å². The second-order valence-corrected chi connectivity index (χ2v) is 5.70. The number of hydrogen-bond donors (Lipinski definition) is 1. The van der Waals surface area contributed by atoms with E-state index in [2.05, 4.69) is 15.9 Å². The molecular formula is C16H16BrNO. The highest BCUT2D eigenvalue weighted by Gasteiger charge is 2.17. The van der Waals surface area contributed by atoms with E-state index in [1.807, 2.05) is 32.9 Å². The zero-order chi connectivity index (χ0) is 14.2. The van der Waals surface area contributed by atoms with Crippen LogP contribution in [-0.2, 0) is 0 Å². The number of ketones is 1. The fraction of sp³-hybridized carbons (Fsp3) is 0.188. The summed E-state index contributed by atoms with van der Waals surface area (Å²) in [5, 5.41) is 0. The van der Waals surface area contributed by atoms with Gasteiger partial charge in [0.2, 0.25) is 0 Å². The van der Waals surface area contributed by atoms with Gasteiger partial charge in [0.15, 0.2) is 5.78 Å². The minimum atomic E-state index is 0.0295. The smallest absolute Gasteiger partial charge is 0.194 e. The SMILES string of the molecule is Cc1cc(C)c(C(=O)c2ccc(N)cc2Br)c(C)c1. The largest absolute Gasteiger partial charge is 0.399 e. The molecule has 0 atom stereocenters. The molecule has 2 rings (SSSR count). The van der Waals surface area contributed by atoms with E-state index >= 15 is 0 Å². The number of nitrogen functional groups attached to an aromatic ring is 1. The molecule has 0 unspecified atom stereocenters. The van der Waals surface area contributed by atoms with Gasteiger partial charge in [0.25, 0.3) is 0 Å². The van der Waals surface area contributed by atoms with Crippen molar-refractivity contribution in [3.63, 3.8) is 0 Å². The Hall–Kier alpha value is -1.61. The summed E-state index contributed by atoms with van der Waals surface area (Å²) in [5.41, 5.74) is 10.9. The number of hydrogen-bond acceptors (Lipinski definition) is 2. The van der Waals surface area contributed by atoms with Crippen LogP contribution in [-0.4, -0.2) is 5.78 Å². The summed E-state index contributed by atoms with van der Waals surface area (Å²) in [6, 6.07) is 9.33. The second kappa shape index (κ2) is 5.17. The van der Waals surface area contributed by atoms with Crippen LogP contribution in [0.2, 0.25) is 0 Å². The van der Waals surface area contributed by atoms with Gasteiger partial charge in [0, 0.05) is 21.3 Å². The lowest BCUT2D eigenvalue weighted by Gasteiger charge is -2.11. The first kappa shape index (κ1) is 13.8. The molecule has 2 nitrogen and oxygen atoms in total. The van der Waals surface area contributed by atoms with Crippen LogP contribution < -0.4 is 5.73 Å². The molecule has 0 amide bonds. The van der Waals surface area contributed by atoms with E-state index < -0.39 is 0 Å². The Bertz CT molecular complexity index is 639. The molecule has 2 N–H and O–H groups in total. The normalized spacial score (nSPS) is 10.5. The molecule has 0 aromatic heterocycles. The van der Waals surface area contributed by atoms with Crippen molar-refractivity contribution < 1.29 is 4.79 Å². The van der Waals surface area contributed by atoms with E-state index in [1.165, 1.54) is 5.56 Å². The fourth-order valence-electron chi connectivity index (χ4n) is 2.39. The molecule has 3 heteroatoms. The minimum Gasteiger partial charge on any atom is -0.399 e. The fourth-order valence-corrected chi connectivity index (χ4v) is 2.96. The maximum absolute atomic E-state index is 12.7. The van der Waals surface area contributed by atoms with Gasteiger partial charge < -0.3 is 5.73 Å². The van der Waals surface area contributed by atoms with Crippen molar-refractivity contribution in [2.24, 2.45) is 0 Å². The van der Waals surface area contributed by atoms with E-state index in [1.54, 1.807) is 18.2 Å². The van der Waals surface area contributed by atoms with Gasteiger partial charge in [-0.2, -0.15) is 0 Å². The molecule has 0 saturated heterocycles. The van der Waals surface area contributed by atoms with Crippen molar-refractivity contribution in [3.8, 4) is 0 Å². The van der Waals surface area contributed by atoms with Crippen LogP contribution in [0.25, 0.3) is 0 Å². The molecule has 19 heavy (non-hydrogen) atoms. The van der Waals surface area contributed by atoms with Crippen LogP contribution in [0.4, 0.5) is 5.69 Å². The summed E-state index contributed by atoms with van der Waals surface area (Å²) in [4.78, 5) is 12.7. The number of anilines is 1. The molecule has 0 heterocycles. The molecule has 98 valence electrons. The van der Waals surface area contributed by atoms with Crippen LogP contribution in [0.5, 0.6) is 0 Å². The van der Waals surface area contributed by atoms with E-state index in [4.69, 9.17) is 5.73 Å². The Morgan fingerprint density at radius 2 is 1.63 bits per heavy atom. The zero-order valence-corrected chi connectivity index (χ0v) is 12.8. The summed E-state index contributed by atoms with van der Waals surface area (Å²) in [7, 11) is 0.